The summed E-state index contributed by atoms with van der Waals surface area (Å²) in [5.41, 5.74) is 2.12. The quantitative estimate of drug-likeness (QED) is 0.797. The summed E-state index contributed by atoms with van der Waals surface area (Å²) in [5, 5.41) is 19.3. The summed E-state index contributed by atoms with van der Waals surface area (Å²) in [7, 11) is 0. The second kappa shape index (κ2) is 4.33. The van der Waals surface area contributed by atoms with Gasteiger partial charge in [0.05, 0.1) is 6.10 Å². The molecule has 2 heteroatoms. The van der Waals surface area contributed by atoms with E-state index in [1.165, 1.54) is 24.8 Å². The van der Waals surface area contributed by atoms with Crippen LogP contribution in [0.1, 0.15) is 49.3 Å². The molecule has 1 aromatic rings. The Hall–Kier alpha value is -0.860. The molecule has 15 heavy (non-hydrogen) atoms. The van der Waals surface area contributed by atoms with E-state index in [-0.39, 0.29) is 0 Å². The number of aliphatic hydroxyl groups excluding tert-OH is 2. The molecule has 1 aliphatic carbocycles. The van der Waals surface area contributed by atoms with Crippen LogP contribution in [0, 0.1) is 0 Å². The van der Waals surface area contributed by atoms with Crippen LogP contribution in [-0.2, 0) is 0 Å². The summed E-state index contributed by atoms with van der Waals surface area (Å²) < 4.78 is 0. The number of aliphatic hydroxyl groups is 2. The lowest BCUT2D eigenvalue weighted by atomic mass is 9.77. The standard InChI is InChI=1S/C13H18O2/c1-9(14)13(15)12-8-3-2-7-11(12)10-5-4-6-10/h2-3,7-10,13-15H,4-6H2,1H3. The van der Waals surface area contributed by atoms with Crippen molar-refractivity contribution in [2.24, 2.45) is 0 Å². The second-order valence-corrected chi connectivity index (χ2v) is 4.44. The monoisotopic (exact) mass is 206 g/mol. The van der Waals surface area contributed by atoms with Gasteiger partial charge in [-0.25, -0.2) is 0 Å². The van der Waals surface area contributed by atoms with E-state index in [0.29, 0.717) is 5.92 Å². The first-order valence-electron chi connectivity index (χ1n) is 5.65. The Bertz CT molecular complexity index is 329. The van der Waals surface area contributed by atoms with Gasteiger partial charge in [0.2, 0.25) is 0 Å². The zero-order valence-electron chi connectivity index (χ0n) is 9.06. The van der Waals surface area contributed by atoms with Crippen LogP contribution < -0.4 is 0 Å². The molecular weight excluding hydrogens is 188 g/mol. The SMILES string of the molecule is CC(O)C(O)c1ccccc1C1CCC1. The molecule has 0 amide bonds. The number of benzene rings is 1. The van der Waals surface area contributed by atoms with Gasteiger partial charge in [-0.15, -0.1) is 0 Å². The van der Waals surface area contributed by atoms with Crippen molar-refractivity contribution >= 4 is 0 Å². The fourth-order valence-electron chi connectivity index (χ4n) is 2.13. The van der Waals surface area contributed by atoms with Crippen molar-refractivity contribution in [3.63, 3.8) is 0 Å². The van der Waals surface area contributed by atoms with Gasteiger partial charge < -0.3 is 10.2 Å². The highest BCUT2D eigenvalue weighted by Crippen LogP contribution is 2.39. The van der Waals surface area contributed by atoms with Crippen LogP contribution in [0.15, 0.2) is 24.3 Å². The lowest BCUT2D eigenvalue weighted by Gasteiger charge is -2.29. The molecule has 0 radical (unpaired) electrons. The Labute approximate surface area is 90.6 Å². The van der Waals surface area contributed by atoms with E-state index in [1.54, 1.807) is 6.92 Å². The van der Waals surface area contributed by atoms with Gasteiger partial charge in [-0.05, 0) is 36.8 Å². The van der Waals surface area contributed by atoms with Gasteiger partial charge in [-0.3, -0.25) is 0 Å². The number of rotatable bonds is 3. The van der Waals surface area contributed by atoms with Crippen LogP contribution in [0.25, 0.3) is 0 Å². The molecule has 2 unspecified atom stereocenters. The third-order valence-corrected chi connectivity index (χ3v) is 3.32. The summed E-state index contributed by atoms with van der Waals surface area (Å²) in [6.07, 6.45) is 2.25. The van der Waals surface area contributed by atoms with Gasteiger partial charge in [-0.2, -0.15) is 0 Å². The summed E-state index contributed by atoms with van der Waals surface area (Å²) >= 11 is 0. The molecule has 1 fully saturated rings. The Morgan fingerprint density at radius 1 is 1.20 bits per heavy atom. The molecule has 2 atom stereocenters. The highest BCUT2D eigenvalue weighted by Gasteiger charge is 2.25. The van der Waals surface area contributed by atoms with E-state index in [0.717, 1.165) is 5.56 Å². The molecule has 0 aliphatic heterocycles. The maximum Gasteiger partial charge on any atom is 0.105 e. The van der Waals surface area contributed by atoms with Gasteiger partial charge in [0.25, 0.3) is 0 Å². The van der Waals surface area contributed by atoms with E-state index in [1.807, 2.05) is 18.2 Å². The largest absolute Gasteiger partial charge is 0.390 e. The van der Waals surface area contributed by atoms with E-state index in [9.17, 15) is 10.2 Å². The Balaban J connectivity index is 2.28. The summed E-state index contributed by atoms with van der Waals surface area (Å²) in [6.45, 7) is 1.63. The van der Waals surface area contributed by atoms with Crippen LogP contribution in [0.2, 0.25) is 0 Å². The first-order chi connectivity index (χ1) is 7.20. The molecule has 0 aromatic heterocycles. The minimum atomic E-state index is -0.748. The third-order valence-electron chi connectivity index (χ3n) is 3.32. The van der Waals surface area contributed by atoms with Crippen LogP contribution >= 0.6 is 0 Å². The van der Waals surface area contributed by atoms with Crippen LogP contribution in [0.3, 0.4) is 0 Å². The van der Waals surface area contributed by atoms with Crippen LogP contribution in [0.5, 0.6) is 0 Å². The zero-order valence-corrected chi connectivity index (χ0v) is 9.06. The molecule has 1 aliphatic rings. The van der Waals surface area contributed by atoms with Gasteiger partial charge in [0, 0.05) is 0 Å². The molecule has 2 nitrogen and oxygen atoms in total. The minimum absolute atomic E-state index is 0.592. The lowest BCUT2D eigenvalue weighted by molar-refractivity contribution is 0.0295. The third kappa shape index (κ3) is 2.06. The van der Waals surface area contributed by atoms with Gasteiger partial charge >= 0.3 is 0 Å². The molecule has 2 N–H and O–H groups in total. The average molecular weight is 206 g/mol. The van der Waals surface area contributed by atoms with E-state index < -0.39 is 12.2 Å². The second-order valence-electron chi connectivity index (χ2n) is 4.44. The van der Waals surface area contributed by atoms with Crippen molar-refractivity contribution in [2.75, 3.05) is 0 Å². The number of hydrogen-bond donors (Lipinski definition) is 2. The highest BCUT2D eigenvalue weighted by atomic mass is 16.3. The van der Waals surface area contributed by atoms with Crippen molar-refractivity contribution in [3.05, 3.63) is 35.4 Å². The van der Waals surface area contributed by atoms with Gasteiger partial charge in [0.15, 0.2) is 0 Å². The minimum Gasteiger partial charge on any atom is -0.390 e. The van der Waals surface area contributed by atoms with E-state index in [2.05, 4.69) is 6.07 Å². The van der Waals surface area contributed by atoms with Crippen molar-refractivity contribution < 1.29 is 10.2 Å². The van der Waals surface area contributed by atoms with Crippen LogP contribution in [-0.4, -0.2) is 16.3 Å². The molecule has 82 valence electrons. The van der Waals surface area contributed by atoms with Crippen LogP contribution in [0.4, 0.5) is 0 Å². The smallest absolute Gasteiger partial charge is 0.105 e. The molecular formula is C13H18O2. The zero-order chi connectivity index (χ0) is 10.8. The maximum absolute atomic E-state index is 9.90. The molecule has 1 aromatic carbocycles. The molecule has 0 bridgehead atoms. The van der Waals surface area contributed by atoms with Crippen molar-refractivity contribution in [3.8, 4) is 0 Å². The molecule has 1 saturated carbocycles. The average Bonchev–Trinajstić information content (AvgIpc) is 2.15. The predicted octanol–water partition coefficient (Wildman–Crippen LogP) is 2.37. The Kier molecular flexibility index (Phi) is 3.08. The number of hydrogen-bond acceptors (Lipinski definition) is 2. The normalized spacial score (nSPS) is 20.7. The van der Waals surface area contributed by atoms with Gasteiger partial charge in [0.1, 0.15) is 6.10 Å². The van der Waals surface area contributed by atoms with E-state index in [4.69, 9.17) is 0 Å². The predicted molar refractivity (Wildman–Crippen MR) is 59.7 cm³/mol. The fourth-order valence-corrected chi connectivity index (χ4v) is 2.13. The lowest BCUT2D eigenvalue weighted by Crippen LogP contribution is -2.18. The molecule has 0 saturated heterocycles. The highest BCUT2D eigenvalue weighted by molar-refractivity contribution is 5.33. The van der Waals surface area contributed by atoms with Crippen molar-refractivity contribution in [2.45, 2.75) is 44.3 Å². The molecule has 0 heterocycles. The molecule has 2 rings (SSSR count). The maximum atomic E-state index is 9.90. The Morgan fingerprint density at radius 2 is 1.87 bits per heavy atom. The Morgan fingerprint density at radius 3 is 2.40 bits per heavy atom. The molecule has 0 spiro atoms. The topological polar surface area (TPSA) is 40.5 Å². The first-order valence-corrected chi connectivity index (χ1v) is 5.65. The summed E-state index contributed by atoms with van der Waals surface area (Å²) in [4.78, 5) is 0. The van der Waals surface area contributed by atoms with Crippen molar-refractivity contribution in [1.82, 2.24) is 0 Å². The van der Waals surface area contributed by atoms with E-state index >= 15 is 0 Å². The summed E-state index contributed by atoms with van der Waals surface area (Å²) in [6, 6.07) is 7.92. The van der Waals surface area contributed by atoms with Crippen molar-refractivity contribution in [1.29, 1.82) is 0 Å². The summed E-state index contributed by atoms with van der Waals surface area (Å²) in [5.74, 6) is 0.592. The first kappa shape index (κ1) is 10.7. The fraction of sp³-hybridized carbons (Fsp3) is 0.538. The van der Waals surface area contributed by atoms with Gasteiger partial charge in [-0.1, -0.05) is 30.7 Å².